The van der Waals surface area contributed by atoms with Crippen molar-refractivity contribution in [3.63, 3.8) is 0 Å². The molecule has 0 saturated carbocycles. The fraction of sp³-hybridized carbons (Fsp3) is 0.333. The number of piperidine rings is 1. The maximum Gasteiger partial charge on any atom is 0.303 e. The van der Waals surface area contributed by atoms with Gasteiger partial charge in [-0.15, -0.1) is 0 Å². The van der Waals surface area contributed by atoms with Gasteiger partial charge in [-0.05, 0) is 37.3 Å². The van der Waals surface area contributed by atoms with Gasteiger partial charge in [0.1, 0.15) is 11.6 Å². The topological polar surface area (TPSA) is 79.2 Å². The molecule has 1 fully saturated rings. The van der Waals surface area contributed by atoms with Crippen molar-refractivity contribution in [1.82, 2.24) is 15.0 Å². The first-order valence-electron chi connectivity index (χ1n) is 9.66. The first-order chi connectivity index (χ1) is 14.4. The number of carbonyl (C=O) groups is 1. The molecule has 1 N–H and O–H groups in total. The number of benzene rings is 1. The van der Waals surface area contributed by atoms with E-state index in [4.69, 9.17) is 5.11 Å². The number of carboxylic acids is 1. The highest BCUT2D eigenvalue weighted by atomic mass is 19.2. The number of rotatable bonds is 5. The van der Waals surface area contributed by atoms with E-state index in [-0.39, 0.29) is 17.8 Å². The molecule has 0 spiro atoms. The van der Waals surface area contributed by atoms with Crippen LogP contribution >= 0.6 is 0 Å². The normalized spacial score (nSPS) is 15.0. The largest absolute Gasteiger partial charge is 0.481 e. The van der Waals surface area contributed by atoms with E-state index in [1.807, 2.05) is 4.90 Å². The molecule has 0 unspecified atom stereocenters. The predicted octanol–water partition coefficient (Wildman–Crippen LogP) is 4.19. The molecule has 3 heterocycles. The molecule has 3 aromatic rings. The SMILES string of the molecule is O=C(O)CCC1CCN(c2nc(-c3cc(F)c(F)cc3F)nc3ccncc23)CC1. The van der Waals surface area contributed by atoms with Crippen LogP contribution in [0.4, 0.5) is 19.0 Å². The molecular formula is C21H19F3N4O2. The Kier molecular flexibility index (Phi) is 5.52. The van der Waals surface area contributed by atoms with Gasteiger partial charge in [-0.1, -0.05) is 0 Å². The summed E-state index contributed by atoms with van der Waals surface area (Å²) in [6, 6.07) is 2.90. The molecule has 2 aromatic heterocycles. The summed E-state index contributed by atoms with van der Waals surface area (Å²) >= 11 is 0. The molecule has 0 radical (unpaired) electrons. The van der Waals surface area contributed by atoms with Crippen molar-refractivity contribution in [1.29, 1.82) is 0 Å². The smallest absolute Gasteiger partial charge is 0.303 e. The zero-order chi connectivity index (χ0) is 21.3. The van der Waals surface area contributed by atoms with Crippen LogP contribution < -0.4 is 4.90 Å². The van der Waals surface area contributed by atoms with Crippen molar-refractivity contribution >= 4 is 22.7 Å². The molecule has 6 nitrogen and oxygen atoms in total. The average Bonchev–Trinajstić information content (AvgIpc) is 2.74. The van der Waals surface area contributed by atoms with Crippen molar-refractivity contribution in [3.05, 3.63) is 48.0 Å². The molecule has 156 valence electrons. The average molecular weight is 416 g/mol. The Balaban J connectivity index is 1.69. The van der Waals surface area contributed by atoms with E-state index in [9.17, 15) is 18.0 Å². The van der Waals surface area contributed by atoms with Crippen LogP contribution in [-0.2, 0) is 4.79 Å². The quantitative estimate of drug-likeness (QED) is 0.629. The summed E-state index contributed by atoms with van der Waals surface area (Å²) in [7, 11) is 0. The van der Waals surface area contributed by atoms with Crippen molar-refractivity contribution in [2.75, 3.05) is 18.0 Å². The summed E-state index contributed by atoms with van der Waals surface area (Å²) in [4.78, 5) is 25.7. The number of carboxylic acid groups (broad SMARTS) is 1. The highest BCUT2D eigenvalue weighted by molar-refractivity contribution is 5.90. The van der Waals surface area contributed by atoms with E-state index in [0.717, 1.165) is 18.9 Å². The summed E-state index contributed by atoms with van der Waals surface area (Å²) < 4.78 is 41.4. The van der Waals surface area contributed by atoms with Gasteiger partial charge < -0.3 is 10.0 Å². The zero-order valence-electron chi connectivity index (χ0n) is 16.0. The second-order valence-corrected chi connectivity index (χ2v) is 7.37. The lowest BCUT2D eigenvalue weighted by atomic mass is 9.92. The molecular weight excluding hydrogens is 397 g/mol. The first kappa shape index (κ1) is 20.1. The van der Waals surface area contributed by atoms with Gasteiger partial charge in [-0.2, -0.15) is 0 Å². The summed E-state index contributed by atoms with van der Waals surface area (Å²) in [5.41, 5.74) is 0.298. The van der Waals surface area contributed by atoms with Crippen LogP contribution in [0.3, 0.4) is 0 Å². The number of pyridine rings is 1. The number of fused-ring (bicyclic) bond motifs is 1. The third-order valence-corrected chi connectivity index (χ3v) is 5.41. The van der Waals surface area contributed by atoms with E-state index >= 15 is 0 Å². The van der Waals surface area contributed by atoms with Crippen LogP contribution in [0.2, 0.25) is 0 Å². The molecule has 9 heteroatoms. The highest BCUT2D eigenvalue weighted by Gasteiger charge is 2.24. The van der Waals surface area contributed by atoms with E-state index < -0.39 is 23.4 Å². The fourth-order valence-electron chi connectivity index (χ4n) is 3.77. The van der Waals surface area contributed by atoms with Crippen molar-refractivity contribution in [2.45, 2.75) is 25.7 Å². The molecule has 1 aromatic carbocycles. The number of aliphatic carboxylic acids is 1. The number of halogens is 3. The predicted molar refractivity (Wildman–Crippen MR) is 104 cm³/mol. The number of anilines is 1. The third-order valence-electron chi connectivity index (χ3n) is 5.41. The minimum absolute atomic E-state index is 0.0342. The molecule has 1 aliphatic rings. The lowest BCUT2D eigenvalue weighted by Gasteiger charge is -2.33. The molecule has 1 aliphatic heterocycles. The van der Waals surface area contributed by atoms with Crippen LogP contribution in [0, 0.1) is 23.4 Å². The van der Waals surface area contributed by atoms with Crippen molar-refractivity contribution in [2.24, 2.45) is 5.92 Å². The third kappa shape index (κ3) is 4.05. The highest BCUT2D eigenvalue weighted by Crippen LogP contribution is 2.32. The van der Waals surface area contributed by atoms with Crippen LogP contribution in [0.5, 0.6) is 0 Å². The summed E-state index contributed by atoms with van der Waals surface area (Å²) in [6.45, 7) is 1.29. The monoisotopic (exact) mass is 416 g/mol. The molecule has 0 aliphatic carbocycles. The Labute approximate surface area is 170 Å². The van der Waals surface area contributed by atoms with Gasteiger partial charge in [-0.25, -0.2) is 23.1 Å². The Bertz CT molecular complexity index is 1100. The van der Waals surface area contributed by atoms with Gasteiger partial charge in [0, 0.05) is 38.0 Å². The first-order valence-corrected chi connectivity index (χ1v) is 9.66. The van der Waals surface area contributed by atoms with Crippen molar-refractivity contribution in [3.8, 4) is 11.4 Å². The maximum absolute atomic E-state index is 14.3. The Morgan fingerprint density at radius 2 is 1.83 bits per heavy atom. The zero-order valence-corrected chi connectivity index (χ0v) is 16.0. The summed E-state index contributed by atoms with van der Waals surface area (Å²) in [6.07, 6.45) is 5.53. The van der Waals surface area contributed by atoms with Gasteiger partial charge in [0.25, 0.3) is 0 Å². The Morgan fingerprint density at radius 1 is 1.10 bits per heavy atom. The molecule has 1 saturated heterocycles. The maximum atomic E-state index is 14.3. The Morgan fingerprint density at radius 3 is 2.57 bits per heavy atom. The fourth-order valence-corrected chi connectivity index (χ4v) is 3.77. The lowest BCUT2D eigenvalue weighted by Crippen LogP contribution is -2.34. The summed E-state index contributed by atoms with van der Waals surface area (Å²) in [5.74, 6) is -3.37. The van der Waals surface area contributed by atoms with Crippen LogP contribution in [0.25, 0.3) is 22.3 Å². The van der Waals surface area contributed by atoms with Crippen LogP contribution in [0.1, 0.15) is 25.7 Å². The van der Waals surface area contributed by atoms with E-state index in [2.05, 4.69) is 15.0 Å². The molecule has 4 rings (SSSR count). The number of nitrogens with zero attached hydrogens (tertiary/aromatic N) is 4. The van der Waals surface area contributed by atoms with E-state index in [1.54, 1.807) is 18.5 Å². The number of hydrogen-bond donors (Lipinski definition) is 1. The minimum Gasteiger partial charge on any atom is -0.481 e. The summed E-state index contributed by atoms with van der Waals surface area (Å²) in [5, 5.41) is 9.55. The number of hydrogen-bond acceptors (Lipinski definition) is 5. The Hall–Kier alpha value is -3.23. The molecule has 30 heavy (non-hydrogen) atoms. The van der Waals surface area contributed by atoms with Gasteiger partial charge >= 0.3 is 5.97 Å². The lowest BCUT2D eigenvalue weighted by molar-refractivity contribution is -0.137. The van der Waals surface area contributed by atoms with Gasteiger partial charge in [-0.3, -0.25) is 9.78 Å². The second kappa shape index (κ2) is 8.25. The van der Waals surface area contributed by atoms with Crippen LogP contribution in [0.15, 0.2) is 30.6 Å². The second-order valence-electron chi connectivity index (χ2n) is 7.37. The van der Waals surface area contributed by atoms with Crippen LogP contribution in [-0.4, -0.2) is 39.1 Å². The molecule has 0 atom stereocenters. The molecule has 0 bridgehead atoms. The van der Waals surface area contributed by atoms with Gasteiger partial charge in [0.2, 0.25) is 0 Å². The van der Waals surface area contributed by atoms with Crippen molar-refractivity contribution < 1.29 is 23.1 Å². The molecule has 0 amide bonds. The van der Waals surface area contributed by atoms with E-state index in [1.165, 1.54) is 0 Å². The standard InChI is InChI=1S/C21H19F3N4O2/c22-15-10-17(24)16(23)9-13(15)20-26-18-3-6-25-11-14(18)21(27-20)28-7-4-12(5-8-28)1-2-19(29)30/h3,6,9-12H,1-2,4-5,7-8H2,(H,29,30). The van der Waals surface area contributed by atoms with Gasteiger partial charge in [0.05, 0.1) is 16.5 Å². The van der Waals surface area contributed by atoms with E-state index in [0.29, 0.717) is 48.2 Å². The number of aromatic nitrogens is 3. The minimum atomic E-state index is -1.27. The van der Waals surface area contributed by atoms with Gasteiger partial charge in [0.15, 0.2) is 17.5 Å².